The molecule has 3 aromatic rings. The Labute approximate surface area is 451 Å². The summed E-state index contributed by atoms with van der Waals surface area (Å²) >= 11 is 0. The van der Waals surface area contributed by atoms with Crippen molar-refractivity contribution in [2.45, 2.75) is 176 Å². The molecular formula is C53H94O18P4. The van der Waals surface area contributed by atoms with Gasteiger partial charge >= 0.3 is 34.4 Å². The molecule has 75 heavy (non-hydrogen) atoms. The third-order valence-electron chi connectivity index (χ3n) is 12.9. The van der Waals surface area contributed by atoms with Gasteiger partial charge in [0.25, 0.3) is 0 Å². The molecule has 0 fully saturated rings. The smallest absolute Gasteiger partial charge is 0.334 e. The Morgan fingerprint density at radius 2 is 0.653 bits per heavy atom. The van der Waals surface area contributed by atoms with Crippen LogP contribution in [0.25, 0.3) is 0 Å². The van der Waals surface area contributed by atoms with E-state index in [1.54, 1.807) is 0 Å². The Kier molecular flexibility index (Phi) is 28.4. The van der Waals surface area contributed by atoms with Crippen molar-refractivity contribution in [3.05, 3.63) is 104 Å². The van der Waals surface area contributed by atoms with Crippen molar-refractivity contribution in [3.63, 3.8) is 0 Å². The van der Waals surface area contributed by atoms with Crippen LogP contribution in [-0.2, 0) is 46.7 Å². The molecule has 0 amide bonds. The first-order valence-electron chi connectivity index (χ1n) is 24.3. The summed E-state index contributed by atoms with van der Waals surface area (Å²) in [6.07, 6.45) is -1.17. The van der Waals surface area contributed by atoms with Gasteiger partial charge in [-0.25, -0.2) is 8.62 Å². The Bertz CT molecular complexity index is 2040. The molecular weight excluding hydrogens is 1050 g/mol. The summed E-state index contributed by atoms with van der Waals surface area (Å²) in [5.74, 6) is 0. The monoisotopic (exact) mass is 1140 g/mol. The van der Waals surface area contributed by atoms with E-state index in [0.29, 0.717) is 16.7 Å². The molecule has 434 valence electrons. The van der Waals surface area contributed by atoms with Crippen LogP contribution in [0.1, 0.15) is 186 Å². The van der Waals surface area contributed by atoms with Gasteiger partial charge in [-0.05, 0) is 89.5 Å². The van der Waals surface area contributed by atoms with Crippen LogP contribution in [0.3, 0.4) is 0 Å². The molecule has 1 unspecified atom stereocenters. The molecule has 18 nitrogen and oxygen atoms in total. The molecule has 0 radical (unpaired) electrons. The standard InChI is InChI=1S/C33H52O4.C20H34O4.2H4O5P2/c1-28(2,3)22-13-15-24(26(17-22)30(7,8)9)33(37,32(19-34,20-35)21-36)25-16-14-23(29(4,5)6)18-27(25)31(10,11)12;1-13-8-14(18(2,3)4)16(15(9-13)19(5,6)7)17(24)20(10-21,11-22)12-23;2*1-6(2)5-7(3)4/h13-18,34-37H,19-21H2,1-12H3;8-9,17,21-24H,10-12H2,1-7H3;2*1-4H. The summed E-state index contributed by atoms with van der Waals surface area (Å²) in [5, 5.41) is 85.6. The van der Waals surface area contributed by atoms with Gasteiger partial charge in [-0.15, -0.1) is 0 Å². The first-order chi connectivity index (χ1) is 33.7. The molecule has 0 heterocycles. The highest BCUT2D eigenvalue weighted by Crippen LogP contribution is 2.52. The van der Waals surface area contributed by atoms with Crippen LogP contribution in [-0.4, -0.2) is 120 Å². The highest BCUT2D eigenvalue weighted by Gasteiger charge is 2.55. The zero-order valence-corrected chi connectivity index (χ0v) is 51.3. The second kappa shape index (κ2) is 28.9. The summed E-state index contributed by atoms with van der Waals surface area (Å²) in [4.78, 5) is 62.5. The molecule has 0 aliphatic rings. The van der Waals surface area contributed by atoms with Crippen molar-refractivity contribution in [1.82, 2.24) is 0 Å². The molecule has 0 spiro atoms. The summed E-state index contributed by atoms with van der Waals surface area (Å²) < 4.78 is 7.20. The topological polar surface area (TPSA) is 342 Å². The van der Waals surface area contributed by atoms with Crippen LogP contribution < -0.4 is 0 Å². The van der Waals surface area contributed by atoms with E-state index in [9.17, 15) is 40.9 Å². The van der Waals surface area contributed by atoms with E-state index >= 15 is 0 Å². The number of aryl methyl sites for hydroxylation is 1. The lowest BCUT2D eigenvalue weighted by Crippen LogP contribution is -2.55. The second-order valence-electron chi connectivity index (χ2n) is 25.2. The van der Waals surface area contributed by atoms with Gasteiger partial charge in [0.1, 0.15) is 5.60 Å². The van der Waals surface area contributed by atoms with E-state index in [-0.39, 0.29) is 32.5 Å². The molecule has 0 aliphatic carbocycles. The molecule has 0 aromatic heterocycles. The average Bonchev–Trinajstić information content (AvgIpc) is 3.25. The predicted molar refractivity (Wildman–Crippen MR) is 299 cm³/mol. The lowest BCUT2D eigenvalue weighted by atomic mass is 9.60. The largest absolute Gasteiger partial charge is 0.395 e. The molecule has 0 aliphatic heterocycles. The summed E-state index contributed by atoms with van der Waals surface area (Å²) in [7, 11) is -10.4. The fraction of sp³-hybridized carbons (Fsp3) is 0.660. The van der Waals surface area contributed by atoms with Crippen molar-refractivity contribution in [1.29, 1.82) is 0 Å². The van der Waals surface area contributed by atoms with E-state index in [4.69, 9.17) is 39.1 Å². The third kappa shape index (κ3) is 20.3. The maximum Gasteiger partial charge on any atom is 0.334 e. The van der Waals surface area contributed by atoms with E-state index in [1.807, 2.05) is 43.3 Å². The zero-order chi connectivity index (χ0) is 59.5. The minimum Gasteiger partial charge on any atom is -0.395 e. The van der Waals surface area contributed by atoms with Gasteiger partial charge in [0.05, 0.1) is 56.6 Å². The summed E-state index contributed by atoms with van der Waals surface area (Å²) in [6, 6.07) is 16.3. The normalized spacial score (nSPS) is 13.9. The van der Waals surface area contributed by atoms with Crippen LogP contribution in [0.5, 0.6) is 0 Å². The minimum absolute atomic E-state index is 0.108. The fourth-order valence-corrected chi connectivity index (χ4v) is 9.33. The quantitative estimate of drug-likeness (QED) is 0.0654. The second-order valence-corrected chi connectivity index (χ2v) is 28.5. The Morgan fingerprint density at radius 1 is 0.387 bits per heavy atom. The van der Waals surface area contributed by atoms with Gasteiger partial charge in [0.15, 0.2) is 0 Å². The number of hydrogen-bond donors (Lipinski definition) is 16. The predicted octanol–water partition coefficient (Wildman–Crippen LogP) is 7.51. The number of rotatable bonds is 15. The van der Waals surface area contributed by atoms with E-state index in [1.165, 1.54) is 0 Å². The highest BCUT2D eigenvalue weighted by atomic mass is 31.2. The third-order valence-corrected chi connectivity index (χ3v) is 15.2. The van der Waals surface area contributed by atoms with Gasteiger partial charge in [-0.2, -0.15) is 0 Å². The zero-order valence-electron chi connectivity index (χ0n) is 47.7. The first kappa shape index (κ1) is 73.7. The molecule has 3 aromatic carbocycles. The van der Waals surface area contributed by atoms with Crippen molar-refractivity contribution in [3.8, 4) is 0 Å². The minimum atomic E-state index is -2.61. The maximum absolute atomic E-state index is 13.1. The lowest BCUT2D eigenvalue weighted by molar-refractivity contribution is -0.137. The number of aliphatic hydroxyl groups excluding tert-OH is 7. The van der Waals surface area contributed by atoms with Gasteiger partial charge in [0.2, 0.25) is 0 Å². The van der Waals surface area contributed by atoms with Crippen LogP contribution >= 0.6 is 34.4 Å². The van der Waals surface area contributed by atoms with Crippen molar-refractivity contribution in [2.24, 2.45) is 10.8 Å². The molecule has 16 N–H and O–H groups in total. The lowest BCUT2D eigenvalue weighted by Gasteiger charge is -2.49. The number of hydrogen-bond acceptors (Lipinski definition) is 18. The van der Waals surface area contributed by atoms with Crippen LogP contribution in [0.15, 0.2) is 48.5 Å². The molecule has 3 rings (SSSR count). The van der Waals surface area contributed by atoms with Crippen molar-refractivity contribution >= 4 is 34.4 Å². The Hall–Kier alpha value is -1.34. The van der Waals surface area contributed by atoms with E-state index in [2.05, 4.69) is 145 Å². The van der Waals surface area contributed by atoms with Gasteiger partial charge < -0.3 is 80.0 Å². The Morgan fingerprint density at radius 3 is 0.840 bits per heavy atom. The molecule has 0 saturated heterocycles. The molecule has 0 bridgehead atoms. The molecule has 22 heteroatoms. The fourth-order valence-electron chi connectivity index (χ4n) is 8.28. The average molecular weight is 1140 g/mol. The number of benzene rings is 3. The van der Waals surface area contributed by atoms with Crippen molar-refractivity contribution < 1.29 is 88.6 Å². The van der Waals surface area contributed by atoms with Crippen LogP contribution in [0, 0.1) is 17.8 Å². The number of aliphatic hydroxyl groups is 8. The van der Waals surface area contributed by atoms with Crippen LogP contribution in [0.2, 0.25) is 0 Å². The van der Waals surface area contributed by atoms with E-state index in [0.717, 1.165) is 38.9 Å². The van der Waals surface area contributed by atoms with Gasteiger partial charge in [0, 0.05) is 0 Å². The summed E-state index contributed by atoms with van der Waals surface area (Å²) in [5.41, 5.74) is 2.78. The molecule has 0 saturated carbocycles. The van der Waals surface area contributed by atoms with E-state index < -0.39 is 96.6 Å². The first-order valence-corrected chi connectivity index (χ1v) is 28.9. The molecule has 1 atom stereocenters. The van der Waals surface area contributed by atoms with Crippen LogP contribution in [0.4, 0.5) is 0 Å². The van der Waals surface area contributed by atoms with Gasteiger partial charge in [-0.1, -0.05) is 179 Å². The van der Waals surface area contributed by atoms with Crippen molar-refractivity contribution in [2.75, 3.05) is 39.6 Å². The SMILES string of the molecule is CC(C)(C)c1ccc(C(O)(c2ccc(C(C)(C)C)cc2C(C)(C)C)C(CO)(CO)CO)c(C(C)(C)C)c1.Cc1cc(C(C)(C)C)c(C(O)C(CO)(CO)CO)c(C(C)(C)C)c1.OP(O)OP(O)O.OP(O)OP(O)O. The Balaban J connectivity index is 0.00000122. The maximum atomic E-state index is 13.1. The highest BCUT2D eigenvalue weighted by molar-refractivity contribution is 7.53. The van der Waals surface area contributed by atoms with Gasteiger partial charge in [-0.3, -0.25) is 0 Å². The summed E-state index contributed by atoms with van der Waals surface area (Å²) in [6.45, 7) is 36.7.